The molecule has 8 nitrogen and oxygen atoms in total. The molecule has 30 heavy (non-hydrogen) atoms. The number of pyridine rings is 2. The number of hydrogen-bond donors (Lipinski definition) is 2. The highest BCUT2D eigenvalue weighted by molar-refractivity contribution is 6.30. The first-order valence-corrected chi connectivity index (χ1v) is 9.84. The molecule has 3 heterocycles. The molecule has 4 rings (SSSR count). The fourth-order valence-electron chi connectivity index (χ4n) is 3.44. The molecule has 1 aliphatic carbocycles. The summed E-state index contributed by atoms with van der Waals surface area (Å²) in [5.41, 5.74) is 1.99. The molecule has 2 amide bonds. The van der Waals surface area contributed by atoms with E-state index in [1.807, 2.05) is 18.2 Å². The maximum Gasteiger partial charge on any atom is 0.269 e. The summed E-state index contributed by atoms with van der Waals surface area (Å²) in [6, 6.07) is 7.28. The number of rotatable bonds is 5. The third kappa shape index (κ3) is 3.73. The molecule has 1 aliphatic rings. The number of aromatic nitrogens is 4. The van der Waals surface area contributed by atoms with Crippen LogP contribution in [0, 0.1) is 0 Å². The van der Waals surface area contributed by atoms with Crippen molar-refractivity contribution in [2.45, 2.75) is 24.7 Å². The lowest BCUT2D eigenvalue weighted by Crippen LogP contribution is -2.46. The van der Waals surface area contributed by atoms with Crippen LogP contribution < -0.4 is 10.6 Å². The summed E-state index contributed by atoms with van der Waals surface area (Å²) >= 11 is 5.80. The monoisotopic (exact) mass is 422 g/mol. The van der Waals surface area contributed by atoms with Crippen LogP contribution in [0.15, 0.2) is 49.1 Å². The van der Waals surface area contributed by atoms with Gasteiger partial charge in [-0.2, -0.15) is 0 Å². The van der Waals surface area contributed by atoms with Gasteiger partial charge in [-0.25, -0.2) is 9.97 Å². The quantitative estimate of drug-likeness (QED) is 0.654. The number of hydrogen-bond acceptors (Lipinski definition) is 6. The minimum Gasteiger partial charge on any atom is -0.354 e. The van der Waals surface area contributed by atoms with Gasteiger partial charge < -0.3 is 5.32 Å². The lowest BCUT2D eigenvalue weighted by atomic mass is 9.65. The van der Waals surface area contributed by atoms with Gasteiger partial charge in [0.25, 0.3) is 5.91 Å². The summed E-state index contributed by atoms with van der Waals surface area (Å²) in [5, 5.41) is 5.73. The Morgan fingerprint density at radius 2 is 1.77 bits per heavy atom. The highest BCUT2D eigenvalue weighted by Gasteiger charge is 2.47. The molecule has 0 unspecified atom stereocenters. The molecule has 9 heteroatoms. The zero-order chi connectivity index (χ0) is 21.1. The summed E-state index contributed by atoms with van der Waals surface area (Å²) in [4.78, 5) is 41.5. The second-order valence-electron chi connectivity index (χ2n) is 7.06. The van der Waals surface area contributed by atoms with Crippen LogP contribution in [0.4, 0.5) is 5.95 Å². The third-order valence-electron chi connectivity index (χ3n) is 5.29. The highest BCUT2D eigenvalue weighted by atomic mass is 35.5. The first-order chi connectivity index (χ1) is 14.5. The Kier molecular flexibility index (Phi) is 5.41. The third-order valence-corrected chi connectivity index (χ3v) is 5.49. The van der Waals surface area contributed by atoms with Crippen molar-refractivity contribution in [3.8, 4) is 11.1 Å². The van der Waals surface area contributed by atoms with Gasteiger partial charge in [0.1, 0.15) is 5.69 Å². The molecule has 0 aromatic carbocycles. The lowest BCUT2D eigenvalue weighted by Gasteiger charge is -2.39. The van der Waals surface area contributed by atoms with Gasteiger partial charge in [-0.1, -0.05) is 24.1 Å². The summed E-state index contributed by atoms with van der Waals surface area (Å²) in [6.07, 6.45) is 8.52. The van der Waals surface area contributed by atoms with Crippen LogP contribution in [0.5, 0.6) is 0 Å². The highest BCUT2D eigenvalue weighted by Crippen LogP contribution is 2.44. The molecule has 1 fully saturated rings. The molecule has 1 saturated carbocycles. The predicted molar refractivity (Wildman–Crippen MR) is 112 cm³/mol. The van der Waals surface area contributed by atoms with E-state index in [9.17, 15) is 9.59 Å². The molecular weight excluding hydrogens is 404 g/mol. The van der Waals surface area contributed by atoms with Crippen molar-refractivity contribution in [1.29, 1.82) is 0 Å². The van der Waals surface area contributed by atoms with Gasteiger partial charge in [-0.3, -0.25) is 24.9 Å². The molecule has 3 aromatic rings. The molecule has 0 radical (unpaired) electrons. The van der Waals surface area contributed by atoms with Crippen LogP contribution in [0.2, 0.25) is 5.02 Å². The second kappa shape index (κ2) is 8.16. The van der Waals surface area contributed by atoms with Gasteiger partial charge in [-0.05, 0) is 36.6 Å². The Morgan fingerprint density at radius 3 is 2.37 bits per heavy atom. The number of carbonyl (C=O) groups excluding carboxylic acids is 2. The average molecular weight is 423 g/mol. The van der Waals surface area contributed by atoms with Gasteiger partial charge in [-0.15, -0.1) is 0 Å². The van der Waals surface area contributed by atoms with Crippen molar-refractivity contribution in [3.63, 3.8) is 0 Å². The fourth-order valence-corrected chi connectivity index (χ4v) is 3.54. The molecule has 0 bridgehead atoms. The molecule has 3 aromatic heterocycles. The SMILES string of the molecule is CNC(=O)c1cc(-c2ccc(C3(C(=O)Nc4ncc(Cl)cn4)CCC3)nc2)ccn1. The van der Waals surface area contributed by atoms with Crippen molar-refractivity contribution in [2.75, 3.05) is 12.4 Å². The Hall–Kier alpha value is -3.39. The minimum absolute atomic E-state index is 0.179. The van der Waals surface area contributed by atoms with E-state index in [1.165, 1.54) is 12.4 Å². The first kappa shape index (κ1) is 19.9. The van der Waals surface area contributed by atoms with Crippen LogP contribution in [-0.4, -0.2) is 38.8 Å². The van der Waals surface area contributed by atoms with E-state index in [2.05, 4.69) is 30.6 Å². The summed E-state index contributed by atoms with van der Waals surface area (Å²) in [6.45, 7) is 0. The molecule has 0 aliphatic heterocycles. The maximum atomic E-state index is 13.0. The smallest absolute Gasteiger partial charge is 0.269 e. The van der Waals surface area contributed by atoms with Crippen LogP contribution in [0.25, 0.3) is 11.1 Å². The minimum atomic E-state index is -0.701. The number of nitrogens with zero attached hydrogens (tertiary/aromatic N) is 4. The van der Waals surface area contributed by atoms with Gasteiger partial charge >= 0.3 is 0 Å². The zero-order valence-corrected chi connectivity index (χ0v) is 17.0. The number of anilines is 1. The predicted octanol–water partition coefficient (Wildman–Crippen LogP) is 3.01. The average Bonchev–Trinajstić information content (AvgIpc) is 2.74. The van der Waals surface area contributed by atoms with Crippen LogP contribution in [0.3, 0.4) is 0 Å². The Bertz CT molecular complexity index is 1080. The van der Waals surface area contributed by atoms with E-state index in [-0.39, 0.29) is 17.8 Å². The van der Waals surface area contributed by atoms with E-state index < -0.39 is 5.41 Å². The van der Waals surface area contributed by atoms with Crippen molar-refractivity contribution in [3.05, 3.63) is 65.5 Å². The van der Waals surface area contributed by atoms with Crippen molar-refractivity contribution < 1.29 is 9.59 Å². The second-order valence-corrected chi connectivity index (χ2v) is 7.49. The molecule has 0 spiro atoms. The molecule has 2 N–H and O–H groups in total. The van der Waals surface area contributed by atoms with Crippen molar-refractivity contribution in [2.24, 2.45) is 0 Å². The van der Waals surface area contributed by atoms with Gasteiger partial charge in [0.05, 0.1) is 28.5 Å². The van der Waals surface area contributed by atoms with E-state index in [1.54, 1.807) is 25.5 Å². The summed E-state index contributed by atoms with van der Waals surface area (Å²) < 4.78 is 0. The van der Waals surface area contributed by atoms with E-state index in [0.29, 0.717) is 29.3 Å². The van der Waals surface area contributed by atoms with Gasteiger partial charge in [0, 0.05) is 25.0 Å². The van der Waals surface area contributed by atoms with Crippen LogP contribution in [0.1, 0.15) is 35.4 Å². The topological polar surface area (TPSA) is 110 Å². The molecule has 0 saturated heterocycles. The van der Waals surface area contributed by atoms with Crippen LogP contribution >= 0.6 is 11.6 Å². The number of nitrogens with one attached hydrogen (secondary N) is 2. The molecule has 152 valence electrons. The summed E-state index contributed by atoms with van der Waals surface area (Å²) in [7, 11) is 1.56. The largest absolute Gasteiger partial charge is 0.354 e. The van der Waals surface area contributed by atoms with E-state index >= 15 is 0 Å². The normalized spacial score (nSPS) is 14.5. The number of amides is 2. The van der Waals surface area contributed by atoms with Crippen LogP contribution in [-0.2, 0) is 10.2 Å². The molecular formula is C21H19ClN6O2. The first-order valence-electron chi connectivity index (χ1n) is 9.46. The fraction of sp³-hybridized carbons (Fsp3) is 0.238. The standard InChI is InChI=1S/C21H19ClN6O2/c1-23-18(29)16-9-13(5-8-24-16)14-3-4-17(25-10-14)21(6-2-7-21)19(30)28-20-26-11-15(22)12-27-20/h3-5,8-12H,2,6-7H2,1H3,(H,23,29)(H,26,27,28,30). The maximum absolute atomic E-state index is 13.0. The Labute approximate surface area is 178 Å². The zero-order valence-electron chi connectivity index (χ0n) is 16.2. The number of halogens is 1. The Balaban J connectivity index is 1.57. The van der Waals surface area contributed by atoms with E-state index in [0.717, 1.165) is 17.5 Å². The lowest BCUT2D eigenvalue weighted by molar-refractivity contribution is -0.124. The van der Waals surface area contributed by atoms with Crippen molar-refractivity contribution in [1.82, 2.24) is 25.3 Å². The summed E-state index contributed by atoms with van der Waals surface area (Å²) in [5.74, 6) is -0.219. The van der Waals surface area contributed by atoms with Crippen molar-refractivity contribution >= 4 is 29.4 Å². The molecule has 0 atom stereocenters. The van der Waals surface area contributed by atoms with Gasteiger partial charge in [0.15, 0.2) is 0 Å². The number of carbonyl (C=O) groups is 2. The van der Waals surface area contributed by atoms with E-state index in [4.69, 9.17) is 11.6 Å². The Morgan fingerprint density at radius 1 is 1.00 bits per heavy atom. The van der Waals surface area contributed by atoms with Gasteiger partial charge in [0.2, 0.25) is 11.9 Å².